The largest absolute Gasteiger partial charge is 0.344 e. The summed E-state index contributed by atoms with van der Waals surface area (Å²) in [5, 5.41) is 8.45. The van der Waals surface area contributed by atoms with Crippen molar-refractivity contribution >= 4 is 5.91 Å². The van der Waals surface area contributed by atoms with Gasteiger partial charge in [0.1, 0.15) is 0 Å². The highest BCUT2D eigenvalue weighted by molar-refractivity contribution is 5.78. The summed E-state index contributed by atoms with van der Waals surface area (Å²) in [6.45, 7) is 4.76. The van der Waals surface area contributed by atoms with Crippen molar-refractivity contribution < 1.29 is 4.79 Å². The summed E-state index contributed by atoms with van der Waals surface area (Å²) >= 11 is 0. The summed E-state index contributed by atoms with van der Waals surface area (Å²) in [6.07, 6.45) is 4.44. The molecule has 0 fully saturated rings. The Morgan fingerprint density at radius 3 is 2.27 bits per heavy atom. The number of carbonyl (C=O) groups excluding carboxylic acids is 1. The van der Waals surface area contributed by atoms with Crippen LogP contribution in [0, 0.1) is 17.2 Å². The third-order valence-electron chi connectivity index (χ3n) is 2.56. The van der Waals surface area contributed by atoms with Crippen LogP contribution in [0.15, 0.2) is 0 Å². The molecule has 15 heavy (non-hydrogen) atoms. The van der Waals surface area contributed by atoms with Gasteiger partial charge >= 0.3 is 0 Å². The van der Waals surface area contributed by atoms with Crippen LogP contribution in [0.4, 0.5) is 0 Å². The maximum atomic E-state index is 11.9. The summed E-state index contributed by atoms with van der Waals surface area (Å²) < 4.78 is 0. The van der Waals surface area contributed by atoms with E-state index < -0.39 is 0 Å². The minimum atomic E-state index is 0.156. The van der Waals surface area contributed by atoms with Crippen molar-refractivity contribution in [3.05, 3.63) is 0 Å². The van der Waals surface area contributed by atoms with Gasteiger partial charge in [0.05, 0.1) is 12.5 Å². The van der Waals surface area contributed by atoms with Gasteiger partial charge in [0.2, 0.25) is 5.91 Å². The van der Waals surface area contributed by atoms with E-state index in [4.69, 9.17) is 5.26 Å². The molecule has 0 heterocycles. The average molecular weight is 210 g/mol. The molecule has 0 aliphatic heterocycles. The van der Waals surface area contributed by atoms with Crippen LogP contribution in [0.3, 0.4) is 0 Å². The van der Waals surface area contributed by atoms with Crippen LogP contribution >= 0.6 is 0 Å². The Bertz CT molecular complexity index is 214. The first kappa shape index (κ1) is 14.0. The first-order valence-corrected chi connectivity index (χ1v) is 5.79. The van der Waals surface area contributed by atoms with Crippen LogP contribution in [0.2, 0.25) is 0 Å². The zero-order chi connectivity index (χ0) is 11.7. The highest BCUT2D eigenvalue weighted by Gasteiger charge is 2.19. The van der Waals surface area contributed by atoms with E-state index in [1.807, 2.05) is 0 Å². The number of hydrogen-bond donors (Lipinski definition) is 0. The van der Waals surface area contributed by atoms with Crippen molar-refractivity contribution in [2.24, 2.45) is 5.92 Å². The van der Waals surface area contributed by atoms with Crippen molar-refractivity contribution in [1.29, 1.82) is 5.26 Å². The quantitative estimate of drug-likeness (QED) is 0.648. The Kier molecular flexibility index (Phi) is 7.71. The molecule has 3 nitrogen and oxygen atoms in total. The molecule has 0 saturated carbocycles. The topological polar surface area (TPSA) is 44.1 Å². The average Bonchev–Trinajstić information content (AvgIpc) is 2.24. The number of rotatable bonds is 7. The van der Waals surface area contributed by atoms with Crippen LogP contribution in [-0.4, -0.2) is 24.4 Å². The normalized spacial score (nSPS) is 10.1. The van der Waals surface area contributed by atoms with E-state index in [0.29, 0.717) is 13.0 Å². The van der Waals surface area contributed by atoms with E-state index >= 15 is 0 Å². The monoisotopic (exact) mass is 210 g/mol. The second kappa shape index (κ2) is 8.28. The second-order valence-corrected chi connectivity index (χ2v) is 3.94. The second-order valence-electron chi connectivity index (χ2n) is 3.94. The van der Waals surface area contributed by atoms with Gasteiger partial charge in [-0.15, -0.1) is 0 Å². The van der Waals surface area contributed by atoms with Gasteiger partial charge in [-0.25, -0.2) is 0 Å². The molecule has 0 unspecified atom stereocenters. The Balaban J connectivity index is 4.16. The van der Waals surface area contributed by atoms with E-state index in [2.05, 4.69) is 19.9 Å². The van der Waals surface area contributed by atoms with Crippen LogP contribution < -0.4 is 0 Å². The fraction of sp³-hybridized carbons (Fsp3) is 0.833. The van der Waals surface area contributed by atoms with Gasteiger partial charge in [-0.1, -0.05) is 26.7 Å². The summed E-state index contributed by atoms with van der Waals surface area (Å²) in [6, 6.07) is 2.06. The van der Waals surface area contributed by atoms with Crippen molar-refractivity contribution in [2.45, 2.75) is 46.0 Å². The fourth-order valence-corrected chi connectivity index (χ4v) is 1.73. The van der Waals surface area contributed by atoms with Crippen molar-refractivity contribution in [2.75, 3.05) is 13.6 Å². The van der Waals surface area contributed by atoms with Crippen molar-refractivity contribution in [1.82, 2.24) is 4.90 Å². The lowest BCUT2D eigenvalue weighted by Gasteiger charge is -2.22. The molecule has 0 saturated heterocycles. The van der Waals surface area contributed by atoms with Crippen LogP contribution in [0.5, 0.6) is 0 Å². The van der Waals surface area contributed by atoms with Crippen molar-refractivity contribution in [3.8, 4) is 6.07 Å². The van der Waals surface area contributed by atoms with Gasteiger partial charge in [-0.05, 0) is 12.8 Å². The minimum Gasteiger partial charge on any atom is -0.344 e. The number of nitrogens with zero attached hydrogens (tertiary/aromatic N) is 2. The predicted molar refractivity (Wildman–Crippen MR) is 61.2 cm³/mol. The standard InChI is InChI=1S/C12H22N2O/c1-4-7-11(8-5-2)12(15)14(3)10-6-9-13/h11H,4-8,10H2,1-3H3. The van der Waals surface area contributed by atoms with Gasteiger partial charge < -0.3 is 4.90 Å². The maximum Gasteiger partial charge on any atom is 0.225 e. The molecule has 0 aromatic carbocycles. The number of carbonyl (C=O) groups is 1. The first-order valence-electron chi connectivity index (χ1n) is 5.79. The summed E-state index contributed by atoms with van der Waals surface area (Å²) in [4.78, 5) is 13.6. The molecular formula is C12H22N2O. The summed E-state index contributed by atoms with van der Waals surface area (Å²) in [5.41, 5.74) is 0. The molecule has 0 rings (SSSR count). The summed E-state index contributed by atoms with van der Waals surface area (Å²) in [7, 11) is 1.79. The van der Waals surface area contributed by atoms with E-state index in [9.17, 15) is 4.79 Å². The fourth-order valence-electron chi connectivity index (χ4n) is 1.73. The van der Waals surface area contributed by atoms with Gasteiger partial charge in [0.25, 0.3) is 0 Å². The van der Waals surface area contributed by atoms with E-state index in [1.54, 1.807) is 11.9 Å². The lowest BCUT2D eigenvalue weighted by Crippen LogP contribution is -2.33. The predicted octanol–water partition coefficient (Wildman–Crippen LogP) is 2.57. The molecule has 0 aromatic heterocycles. The number of hydrogen-bond acceptors (Lipinski definition) is 2. The smallest absolute Gasteiger partial charge is 0.225 e. The molecule has 0 spiro atoms. The lowest BCUT2D eigenvalue weighted by molar-refractivity contribution is -0.134. The van der Waals surface area contributed by atoms with Gasteiger partial charge in [0.15, 0.2) is 0 Å². The molecule has 0 radical (unpaired) electrons. The number of amides is 1. The van der Waals surface area contributed by atoms with Crippen molar-refractivity contribution in [3.63, 3.8) is 0 Å². The SMILES string of the molecule is CCCC(CCC)C(=O)N(C)CCC#N. The van der Waals surface area contributed by atoms with E-state index in [-0.39, 0.29) is 11.8 Å². The molecular weight excluding hydrogens is 188 g/mol. The molecule has 0 aromatic rings. The van der Waals surface area contributed by atoms with Gasteiger partial charge in [0, 0.05) is 19.5 Å². The molecule has 0 atom stereocenters. The lowest BCUT2D eigenvalue weighted by atomic mass is 9.97. The van der Waals surface area contributed by atoms with E-state index in [1.165, 1.54) is 0 Å². The van der Waals surface area contributed by atoms with Crippen LogP contribution in [0.25, 0.3) is 0 Å². The Morgan fingerprint density at radius 1 is 1.33 bits per heavy atom. The molecule has 0 aliphatic rings. The van der Waals surface area contributed by atoms with Gasteiger partial charge in [-0.3, -0.25) is 4.79 Å². The van der Waals surface area contributed by atoms with E-state index in [0.717, 1.165) is 25.7 Å². The van der Waals surface area contributed by atoms with Gasteiger partial charge in [-0.2, -0.15) is 5.26 Å². The molecule has 1 amide bonds. The first-order chi connectivity index (χ1) is 7.17. The molecule has 0 N–H and O–H groups in total. The maximum absolute atomic E-state index is 11.9. The molecule has 0 aliphatic carbocycles. The third-order valence-corrected chi connectivity index (χ3v) is 2.56. The summed E-state index contributed by atoms with van der Waals surface area (Å²) in [5.74, 6) is 0.359. The zero-order valence-electron chi connectivity index (χ0n) is 10.1. The number of nitriles is 1. The zero-order valence-corrected chi connectivity index (χ0v) is 10.1. The van der Waals surface area contributed by atoms with Crippen LogP contribution in [-0.2, 0) is 4.79 Å². The Labute approximate surface area is 93.1 Å². The highest BCUT2D eigenvalue weighted by atomic mass is 16.2. The third kappa shape index (κ3) is 5.41. The highest BCUT2D eigenvalue weighted by Crippen LogP contribution is 2.16. The van der Waals surface area contributed by atoms with Crippen LogP contribution in [0.1, 0.15) is 46.0 Å². The Hall–Kier alpha value is -1.04. The molecule has 3 heteroatoms. The molecule has 0 bridgehead atoms. The Morgan fingerprint density at radius 2 is 1.87 bits per heavy atom. The minimum absolute atomic E-state index is 0.156. The molecule has 86 valence electrons.